The van der Waals surface area contributed by atoms with Gasteiger partial charge < -0.3 is 15.4 Å². The van der Waals surface area contributed by atoms with E-state index in [0.29, 0.717) is 19.7 Å². The standard InChI is InChI=1S/C10H20N2O3/c1-4-15-7-9(13)11-5-6-12-10(14)8(2)3/h8H,4-7H2,1-3H3,(H,11,13)(H,12,14). The molecule has 0 rings (SSSR count). The van der Waals surface area contributed by atoms with Gasteiger partial charge in [-0.15, -0.1) is 0 Å². The first-order valence-electron chi connectivity index (χ1n) is 5.20. The highest BCUT2D eigenvalue weighted by Crippen LogP contribution is 1.88. The van der Waals surface area contributed by atoms with Crippen molar-refractivity contribution in [3.63, 3.8) is 0 Å². The molecule has 0 saturated carbocycles. The van der Waals surface area contributed by atoms with Crippen LogP contribution in [0.2, 0.25) is 0 Å². The number of rotatable bonds is 7. The Bertz CT molecular complexity index is 205. The lowest BCUT2D eigenvalue weighted by Crippen LogP contribution is -2.37. The molecule has 0 bridgehead atoms. The van der Waals surface area contributed by atoms with Gasteiger partial charge in [0.15, 0.2) is 0 Å². The van der Waals surface area contributed by atoms with E-state index >= 15 is 0 Å². The molecule has 0 saturated heterocycles. The third kappa shape index (κ3) is 7.93. The molecule has 2 amide bonds. The van der Waals surface area contributed by atoms with Crippen molar-refractivity contribution in [2.45, 2.75) is 20.8 Å². The van der Waals surface area contributed by atoms with E-state index in [2.05, 4.69) is 10.6 Å². The average molecular weight is 216 g/mol. The van der Waals surface area contributed by atoms with Crippen LogP contribution in [0.3, 0.4) is 0 Å². The normalized spacial score (nSPS) is 10.1. The van der Waals surface area contributed by atoms with E-state index in [9.17, 15) is 9.59 Å². The maximum Gasteiger partial charge on any atom is 0.246 e. The van der Waals surface area contributed by atoms with Crippen molar-refractivity contribution < 1.29 is 14.3 Å². The van der Waals surface area contributed by atoms with Crippen LogP contribution in [0.15, 0.2) is 0 Å². The van der Waals surface area contributed by atoms with E-state index in [1.807, 2.05) is 20.8 Å². The molecule has 0 radical (unpaired) electrons. The SMILES string of the molecule is CCOCC(=O)NCCNC(=O)C(C)C. The smallest absolute Gasteiger partial charge is 0.246 e. The first kappa shape index (κ1) is 13.9. The molecular formula is C10H20N2O3. The molecule has 2 N–H and O–H groups in total. The highest BCUT2D eigenvalue weighted by atomic mass is 16.5. The predicted octanol–water partition coefficient (Wildman–Crippen LogP) is -0.0887. The second kappa shape index (κ2) is 8.23. The predicted molar refractivity (Wildman–Crippen MR) is 57.4 cm³/mol. The summed E-state index contributed by atoms with van der Waals surface area (Å²) in [5, 5.41) is 5.33. The summed E-state index contributed by atoms with van der Waals surface area (Å²) in [5.74, 6) is -0.186. The molecule has 5 heteroatoms. The summed E-state index contributed by atoms with van der Waals surface area (Å²) in [6.45, 7) is 6.97. The third-order valence-electron chi connectivity index (χ3n) is 1.71. The van der Waals surface area contributed by atoms with Gasteiger partial charge in [0.1, 0.15) is 6.61 Å². The number of hydrogen-bond acceptors (Lipinski definition) is 3. The number of hydrogen-bond donors (Lipinski definition) is 2. The van der Waals surface area contributed by atoms with Crippen molar-refractivity contribution in [3.8, 4) is 0 Å². The third-order valence-corrected chi connectivity index (χ3v) is 1.71. The van der Waals surface area contributed by atoms with E-state index in [4.69, 9.17) is 4.74 Å². The molecule has 0 aromatic carbocycles. The zero-order valence-corrected chi connectivity index (χ0v) is 9.63. The van der Waals surface area contributed by atoms with Crippen LogP contribution in [0.1, 0.15) is 20.8 Å². The molecule has 15 heavy (non-hydrogen) atoms. The Hall–Kier alpha value is -1.10. The van der Waals surface area contributed by atoms with Crippen LogP contribution in [0.4, 0.5) is 0 Å². The highest BCUT2D eigenvalue weighted by Gasteiger charge is 2.05. The van der Waals surface area contributed by atoms with Gasteiger partial charge in [0, 0.05) is 25.6 Å². The molecule has 5 nitrogen and oxygen atoms in total. The van der Waals surface area contributed by atoms with E-state index in [0.717, 1.165) is 0 Å². The minimum absolute atomic E-state index is 0.00550. The molecule has 0 aliphatic heterocycles. The molecule has 0 aliphatic carbocycles. The highest BCUT2D eigenvalue weighted by molar-refractivity contribution is 5.78. The van der Waals surface area contributed by atoms with Crippen molar-refractivity contribution in [1.29, 1.82) is 0 Å². The van der Waals surface area contributed by atoms with Gasteiger partial charge in [-0.05, 0) is 6.92 Å². The van der Waals surface area contributed by atoms with Gasteiger partial charge in [0.25, 0.3) is 0 Å². The minimum atomic E-state index is -0.157. The zero-order chi connectivity index (χ0) is 11.7. The van der Waals surface area contributed by atoms with Crippen molar-refractivity contribution in [2.24, 2.45) is 5.92 Å². The zero-order valence-electron chi connectivity index (χ0n) is 9.63. The molecule has 88 valence electrons. The fourth-order valence-electron chi connectivity index (χ4n) is 0.838. The van der Waals surface area contributed by atoms with Gasteiger partial charge in [-0.25, -0.2) is 0 Å². The fraction of sp³-hybridized carbons (Fsp3) is 0.800. The quantitative estimate of drug-likeness (QED) is 0.584. The summed E-state index contributed by atoms with van der Waals surface area (Å²) in [7, 11) is 0. The summed E-state index contributed by atoms with van der Waals surface area (Å²) in [6.07, 6.45) is 0. The maximum absolute atomic E-state index is 11.1. The number of carbonyl (C=O) groups excluding carboxylic acids is 2. The van der Waals surface area contributed by atoms with Crippen molar-refractivity contribution in [3.05, 3.63) is 0 Å². The van der Waals surface area contributed by atoms with Crippen molar-refractivity contribution in [2.75, 3.05) is 26.3 Å². The van der Waals surface area contributed by atoms with E-state index in [1.54, 1.807) is 0 Å². The number of carbonyl (C=O) groups is 2. The first-order valence-corrected chi connectivity index (χ1v) is 5.20. The van der Waals surface area contributed by atoms with E-state index in [-0.39, 0.29) is 24.3 Å². The average Bonchev–Trinajstić information content (AvgIpc) is 2.20. The van der Waals surface area contributed by atoms with Crippen LogP contribution < -0.4 is 10.6 Å². The van der Waals surface area contributed by atoms with Crippen molar-refractivity contribution >= 4 is 11.8 Å². The summed E-state index contributed by atoms with van der Waals surface area (Å²) < 4.78 is 4.91. The van der Waals surface area contributed by atoms with Crippen LogP contribution in [-0.2, 0) is 14.3 Å². The van der Waals surface area contributed by atoms with Gasteiger partial charge in [-0.3, -0.25) is 9.59 Å². The maximum atomic E-state index is 11.1. The van der Waals surface area contributed by atoms with Crippen LogP contribution in [0.25, 0.3) is 0 Å². The lowest BCUT2D eigenvalue weighted by molar-refractivity contribution is -0.126. The molecule has 0 atom stereocenters. The number of nitrogens with one attached hydrogen (secondary N) is 2. The Kier molecular flexibility index (Phi) is 7.62. The van der Waals surface area contributed by atoms with E-state index in [1.165, 1.54) is 0 Å². The Morgan fingerprint density at radius 1 is 1.20 bits per heavy atom. The Morgan fingerprint density at radius 2 is 1.80 bits per heavy atom. The summed E-state index contributed by atoms with van der Waals surface area (Å²) >= 11 is 0. The lowest BCUT2D eigenvalue weighted by Gasteiger charge is -2.08. The summed E-state index contributed by atoms with van der Waals surface area (Å²) in [5.41, 5.74) is 0. The second-order valence-electron chi connectivity index (χ2n) is 3.43. The largest absolute Gasteiger partial charge is 0.372 e. The first-order chi connectivity index (χ1) is 7.07. The minimum Gasteiger partial charge on any atom is -0.372 e. The molecule has 0 unspecified atom stereocenters. The number of ether oxygens (including phenoxy) is 1. The van der Waals surface area contributed by atoms with Gasteiger partial charge in [-0.2, -0.15) is 0 Å². The Labute approximate surface area is 90.6 Å². The molecule has 0 aromatic heterocycles. The van der Waals surface area contributed by atoms with Crippen molar-refractivity contribution in [1.82, 2.24) is 10.6 Å². The molecule has 0 aromatic rings. The molecule has 0 fully saturated rings. The van der Waals surface area contributed by atoms with Gasteiger partial charge in [0.05, 0.1) is 0 Å². The van der Waals surface area contributed by atoms with Crippen LogP contribution in [0.5, 0.6) is 0 Å². The monoisotopic (exact) mass is 216 g/mol. The van der Waals surface area contributed by atoms with Gasteiger partial charge in [-0.1, -0.05) is 13.8 Å². The summed E-state index contributed by atoms with van der Waals surface area (Å²) in [6, 6.07) is 0. The van der Waals surface area contributed by atoms with E-state index < -0.39 is 0 Å². The second-order valence-corrected chi connectivity index (χ2v) is 3.43. The molecule has 0 heterocycles. The van der Waals surface area contributed by atoms with Gasteiger partial charge >= 0.3 is 0 Å². The molecule has 0 aliphatic rings. The van der Waals surface area contributed by atoms with Crippen LogP contribution >= 0.6 is 0 Å². The van der Waals surface area contributed by atoms with Crippen LogP contribution in [-0.4, -0.2) is 38.1 Å². The molecular weight excluding hydrogens is 196 g/mol. The number of amides is 2. The van der Waals surface area contributed by atoms with Gasteiger partial charge in [0.2, 0.25) is 11.8 Å². The van der Waals surface area contributed by atoms with Crippen LogP contribution in [0, 0.1) is 5.92 Å². The summed E-state index contributed by atoms with van der Waals surface area (Å²) in [4.78, 5) is 22.1. The fourth-order valence-corrected chi connectivity index (χ4v) is 0.838. The Morgan fingerprint density at radius 3 is 2.33 bits per heavy atom. The lowest BCUT2D eigenvalue weighted by atomic mass is 10.2. The Balaban J connectivity index is 3.38. The molecule has 0 spiro atoms. The topological polar surface area (TPSA) is 67.4 Å².